The third-order valence-electron chi connectivity index (χ3n) is 4.27. The smallest absolute Gasteiger partial charge is 0.254 e. The topological polar surface area (TPSA) is 82.6 Å². The van der Waals surface area contributed by atoms with E-state index in [-0.39, 0.29) is 10.8 Å². The molecular weight excluding hydrogens is 352 g/mol. The lowest BCUT2D eigenvalue weighted by Gasteiger charge is -2.35. The summed E-state index contributed by atoms with van der Waals surface area (Å²) in [5, 5.41) is 0. The molecule has 7 nitrogen and oxygen atoms in total. The normalized spacial score (nSPS) is 15.1. The number of pyridine rings is 1. The van der Waals surface area contributed by atoms with Gasteiger partial charge in [0.25, 0.3) is 5.91 Å². The van der Waals surface area contributed by atoms with Gasteiger partial charge in [0.15, 0.2) is 0 Å². The highest BCUT2D eigenvalue weighted by atomic mass is 32.2. The number of aromatic nitrogens is 1. The van der Waals surface area contributed by atoms with Crippen LogP contribution in [0.2, 0.25) is 0 Å². The summed E-state index contributed by atoms with van der Waals surface area (Å²) in [6, 6.07) is 11.9. The molecular formula is C18H22N4O3S. The largest absolute Gasteiger partial charge is 0.353 e. The van der Waals surface area contributed by atoms with Crippen LogP contribution in [-0.2, 0) is 10.0 Å². The van der Waals surface area contributed by atoms with Crippen LogP contribution >= 0.6 is 0 Å². The number of carbonyl (C=O) groups is 1. The molecule has 0 radical (unpaired) electrons. The van der Waals surface area contributed by atoms with Gasteiger partial charge >= 0.3 is 0 Å². The fourth-order valence-corrected chi connectivity index (χ4v) is 4.02. The molecule has 0 unspecified atom stereocenters. The Morgan fingerprint density at radius 2 is 1.88 bits per heavy atom. The van der Waals surface area contributed by atoms with E-state index in [1.165, 1.54) is 12.1 Å². The summed E-state index contributed by atoms with van der Waals surface area (Å²) in [5.41, 5.74) is 0.385. The van der Waals surface area contributed by atoms with Crippen LogP contribution in [0, 0.1) is 0 Å². The van der Waals surface area contributed by atoms with Crippen LogP contribution in [0.1, 0.15) is 17.3 Å². The Labute approximate surface area is 153 Å². The molecule has 1 aliphatic rings. The van der Waals surface area contributed by atoms with Crippen molar-refractivity contribution >= 4 is 21.7 Å². The van der Waals surface area contributed by atoms with Gasteiger partial charge in [-0.2, -0.15) is 0 Å². The Morgan fingerprint density at radius 1 is 1.12 bits per heavy atom. The van der Waals surface area contributed by atoms with Crippen molar-refractivity contribution in [3.63, 3.8) is 0 Å². The second-order valence-electron chi connectivity index (χ2n) is 6.00. The average Bonchev–Trinajstić information content (AvgIpc) is 2.68. The van der Waals surface area contributed by atoms with Gasteiger partial charge in [0.1, 0.15) is 5.82 Å². The van der Waals surface area contributed by atoms with Crippen LogP contribution in [0.3, 0.4) is 0 Å². The number of piperazine rings is 1. The number of anilines is 1. The highest BCUT2D eigenvalue weighted by Gasteiger charge is 2.24. The number of amides is 1. The highest BCUT2D eigenvalue weighted by Crippen LogP contribution is 2.17. The van der Waals surface area contributed by atoms with Gasteiger partial charge in [-0.1, -0.05) is 19.1 Å². The van der Waals surface area contributed by atoms with E-state index in [0.29, 0.717) is 38.3 Å². The van der Waals surface area contributed by atoms with Crippen molar-refractivity contribution in [1.29, 1.82) is 0 Å². The number of hydrogen-bond acceptors (Lipinski definition) is 5. The minimum atomic E-state index is -3.58. The Bertz CT molecular complexity index is 863. The molecule has 0 atom stereocenters. The lowest BCUT2D eigenvalue weighted by molar-refractivity contribution is 0.0746. The Morgan fingerprint density at radius 3 is 2.54 bits per heavy atom. The third kappa shape index (κ3) is 4.03. The van der Waals surface area contributed by atoms with Crippen LogP contribution in [0.15, 0.2) is 53.6 Å². The van der Waals surface area contributed by atoms with Crippen molar-refractivity contribution in [2.24, 2.45) is 0 Å². The first-order chi connectivity index (χ1) is 12.5. The number of carbonyl (C=O) groups excluding carboxylic acids is 1. The van der Waals surface area contributed by atoms with Crippen LogP contribution < -0.4 is 9.62 Å². The van der Waals surface area contributed by atoms with E-state index < -0.39 is 10.0 Å². The number of nitrogens with zero attached hydrogens (tertiary/aromatic N) is 3. The molecule has 1 fully saturated rings. The van der Waals surface area contributed by atoms with Gasteiger partial charge in [0, 0.05) is 44.5 Å². The molecule has 1 N–H and O–H groups in total. The maximum atomic E-state index is 12.8. The monoisotopic (exact) mass is 374 g/mol. The van der Waals surface area contributed by atoms with Gasteiger partial charge in [-0.3, -0.25) is 4.79 Å². The molecule has 3 rings (SSSR count). The molecule has 1 saturated heterocycles. The second-order valence-corrected chi connectivity index (χ2v) is 7.76. The van der Waals surface area contributed by atoms with Gasteiger partial charge in [-0.25, -0.2) is 18.1 Å². The number of benzene rings is 1. The van der Waals surface area contributed by atoms with E-state index >= 15 is 0 Å². The predicted octanol–water partition coefficient (Wildman–Crippen LogP) is 1.34. The number of hydrogen-bond donors (Lipinski definition) is 1. The van der Waals surface area contributed by atoms with Crippen LogP contribution in [-0.4, -0.2) is 56.9 Å². The number of nitrogens with one attached hydrogen (secondary N) is 1. The molecule has 0 aliphatic carbocycles. The minimum Gasteiger partial charge on any atom is -0.353 e. The average molecular weight is 374 g/mol. The Balaban J connectivity index is 1.69. The first kappa shape index (κ1) is 18.3. The van der Waals surface area contributed by atoms with Crippen molar-refractivity contribution in [2.45, 2.75) is 11.8 Å². The van der Waals surface area contributed by atoms with Crippen LogP contribution in [0.4, 0.5) is 5.82 Å². The van der Waals surface area contributed by atoms with Gasteiger partial charge in [-0.05, 0) is 30.3 Å². The molecule has 26 heavy (non-hydrogen) atoms. The molecule has 2 heterocycles. The fraction of sp³-hybridized carbons (Fsp3) is 0.333. The van der Waals surface area contributed by atoms with E-state index in [1.807, 2.05) is 18.2 Å². The zero-order valence-electron chi connectivity index (χ0n) is 14.6. The van der Waals surface area contributed by atoms with Gasteiger partial charge in [-0.15, -0.1) is 0 Å². The molecule has 138 valence electrons. The molecule has 2 aromatic rings. The summed E-state index contributed by atoms with van der Waals surface area (Å²) in [5.74, 6) is 0.748. The summed E-state index contributed by atoms with van der Waals surface area (Å²) < 4.78 is 26.7. The molecule has 1 aromatic heterocycles. The lowest BCUT2D eigenvalue weighted by atomic mass is 10.2. The number of sulfonamides is 1. The third-order valence-corrected chi connectivity index (χ3v) is 5.81. The summed E-state index contributed by atoms with van der Waals surface area (Å²) >= 11 is 0. The first-order valence-corrected chi connectivity index (χ1v) is 10.0. The van der Waals surface area contributed by atoms with E-state index in [9.17, 15) is 13.2 Å². The van der Waals surface area contributed by atoms with Crippen molar-refractivity contribution in [3.8, 4) is 0 Å². The quantitative estimate of drug-likeness (QED) is 0.854. The Hall–Kier alpha value is -2.45. The van der Waals surface area contributed by atoms with E-state index in [0.717, 1.165) is 5.82 Å². The maximum absolute atomic E-state index is 12.8. The van der Waals surface area contributed by atoms with E-state index in [1.54, 1.807) is 30.2 Å². The zero-order valence-corrected chi connectivity index (χ0v) is 15.4. The maximum Gasteiger partial charge on any atom is 0.254 e. The van der Waals surface area contributed by atoms with Gasteiger partial charge in [0.05, 0.1) is 4.90 Å². The predicted molar refractivity (Wildman–Crippen MR) is 99.7 cm³/mol. The minimum absolute atomic E-state index is 0.109. The zero-order chi connectivity index (χ0) is 18.6. The van der Waals surface area contributed by atoms with Crippen molar-refractivity contribution < 1.29 is 13.2 Å². The molecule has 8 heteroatoms. The summed E-state index contributed by atoms with van der Waals surface area (Å²) in [4.78, 5) is 21.1. The van der Waals surface area contributed by atoms with Crippen molar-refractivity contribution in [3.05, 3.63) is 54.2 Å². The van der Waals surface area contributed by atoms with E-state index in [4.69, 9.17) is 0 Å². The number of rotatable bonds is 5. The molecule has 1 aliphatic heterocycles. The van der Waals surface area contributed by atoms with Gasteiger partial charge in [0.2, 0.25) is 10.0 Å². The summed E-state index contributed by atoms with van der Waals surface area (Å²) in [7, 11) is -3.58. The fourth-order valence-electron chi connectivity index (χ4n) is 2.93. The van der Waals surface area contributed by atoms with Crippen LogP contribution in [0.5, 0.6) is 0 Å². The van der Waals surface area contributed by atoms with E-state index in [2.05, 4.69) is 14.6 Å². The SMILES string of the molecule is CCNS(=O)(=O)c1cccc(C(=O)N2CCN(c3ccccn3)CC2)c1. The molecule has 0 spiro atoms. The van der Waals surface area contributed by atoms with Crippen molar-refractivity contribution in [2.75, 3.05) is 37.6 Å². The standard InChI is InChI=1S/C18H22N4O3S/c1-2-20-26(24,25)16-7-5-6-15(14-16)18(23)22-12-10-21(11-13-22)17-8-3-4-9-19-17/h3-9,14,20H,2,10-13H2,1H3. The van der Waals surface area contributed by atoms with Crippen LogP contribution in [0.25, 0.3) is 0 Å². The first-order valence-electron chi connectivity index (χ1n) is 8.56. The van der Waals surface area contributed by atoms with Gasteiger partial charge < -0.3 is 9.80 Å². The second kappa shape index (κ2) is 7.84. The Kier molecular flexibility index (Phi) is 5.53. The summed E-state index contributed by atoms with van der Waals surface area (Å²) in [6.07, 6.45) is 1.75. The molecule has 1 amide bonds. The molecule has 0 saturated carbocycles. The summed E-state index contributed by atoms with van der Waals surface area (Å²) in [6.45, 7) is 4.54. The molecule has 0 bridgehead atoms. The molecule has 1 aromatic carbocycles. The highest BCUT2D eigenvalue weighted by molar-refractivity contribution is 7.89. The lowest BCUT2D eigenvalue weighted by Crippen LogP contribution is -2.49. The van der Waals surface area contributed by atoms with Crippen molar-refractivity contribution in [1.82, 2.24) is 14.6 Å².